The summed E-state index contributed by atoms with van der Waals surface area (Å²) in [5.74, 6) is 2.09. The number of nitrogens with one attached hydrogen (secondary N) is 1. The third kappa shape index (κ3) is 6.62. The lowest BCUT2D eigenvalue weighted by molar-refractivity contribution is -0.126. The van der Waals surface area contributed by atoms with Crippen LogP contribution in [-0.2, 0) is 11.3 Å². The molecular formula is C23H37N3O. The summed E-state index contributed by atoms with van der Waals surface area (Å²) in [7, 11) is 0. The van der Waals surface area contributed by atoms with E-state index in [-0.39, 0.29) is 11.8 Å². The summed E-state index contributed by atoms with van der Waals surface area (Å²) < 4.78 is 0. The van der Waals surface area contributed by atoms with E-state index in [0.717, 1.165) is 63.8 Å². The highest BCUT2D eigenvalue weighted by molar-refractivity contribution is 5.78. The molecule has 1 N–H and O–H groups in total. The molecule has 0 bridgehead atoms. The summed E-state index contributed by atoms with van der Waals surface area (Å²) in [5.41, 5.74) is 1.36. The minimum absolute atomic E-state index is 0.201. The topological polar surface area (TPSA) is 35.6 Å². The van der Waals surface area contributed by atoms with Gasteiger partial charge in [-0.15, -0.1) is 0 Å². The van der Waals surface area contributed by atoms with Crippen molar-refractivity contribution in [3.8, 4) is 0 Å². The van der Waals surface area contributed by atoms with E-state index in [1.807, 2.05) is 0 Å². The smallest absolute Gasteiger partial charge is 0.223 e. The molecule has 2 aliphatic rings. The fraction of sp³-hybridized carbons (Fsp3) is 0.696. The average molecular weight is 372 g/mol. The molecule has 0 aromatic heterocycles. The van der Waals surface area contributed by atoms with Gasteiger partial charge in [-0.05, 0) is 62.7 Å². The maximum absolute atomic E-state index is 12.5. The van der Waals surface area contributed by atoms with Crippen LogP contribution in [0.5, 0.6) is 0 Å². The second kappa shape index (κ2) is 10.2. The molecule has 0 spiro atoms. The Morgan fingerprint density at radius 1 is 1.04 bits per heavy atom. The van der Waals surface area contributed by atoms with Crippen molar-refractivity contribution in [3.63, 3.8) is 0 Å². The second-order valence-corrected chi connectivity index (χ2v) is 8.89. The highest BCUT2D eigenvalue weighted by Gasteiger charge is 2.25. The van der Waals surface area contributed by atoms with Gasteiger partial charge in [0.25, 0.3) is 0 Å². The van der Waals surface area contributed by atoms with Crippen molar-refractivity contribution in [2.24, 2.45) is 17.8 Å². The molecule has 2 saturated heterocycles. The van der Waals surface area contributed by atoms with Crippen molar-refractivity contribution in [1.29, 1.82) is 0 Å². The Bertz CT molecular complexity index is 558. The van der Waals surface area contributed by atoms with Crippen LogP contribution < -0.4 is 5.32 Å². The fourth-order valence-corrected chi connectivity index (χ4v) is 4.83. The van der Waals surface area contributed by atoms with Gasteiger partial charge in [0.05, 0.1) is 0 Å². The Balaban J connectivity index is 1.29. The molecule has 1 aromatic carbocycles. The molecule has 150 valence electrons. The minimum Gasteiger partial charge on any atom is -0.356 e. The van der Waals surface area contributed by atoms with Crippen LogP contribution in [0.15, 0.2) is 30.3 Å². The number of hydrogen-bond acceptors (Lipinski definition) is 3. The summed E-state index contributed by atoms with van der Waals surface area (Å²) in [6, 6.07) is 10.6. The van der Waals surface area contributed by atoms with Crippen LogP contribution in [0.3, 0.4) is 0 Å². The van der Waals surface area contributed by atoms with Crippen LogP contribution in [0.1, 0.15) is 45.1 Å². The number of piperidine rings is 2. The zero-order valence-electron chi connectivity index (χ0n) is 17.2. The van der Waals surface area contributed by atoms with Gasteiger partial charge in [-0.3, -0.25) is 9.69 Å². The normalized spacial score (nSPS) is 25.4. The quantitative estimate of drug-likeness (QED) is 0.747. The van der Waals surface area contributed by atoms with Crippen LogP contribution in [0, 0.1) is 17.8 Å². The number of hydrogen-bond donors (Lipinski definition) is 1. The van der Waals surface area contributed by atoms with Gasteiger partial charge in [-0.1, -0.05) is 44.2 Å². The molecule has 0 saturated carbocycles. The SMILES string of the molecule is CC1CC(C)CN(CCCNC(=O)C2CCN(Cc3ccccc3)CC2)C1. The maximum atomic E-state index is 12.5. The van der Waals surface area contributed by atoms with Crippen LogP contribution in [0.4, 0.5) is 0 Å². The Labute approximate surface area is 165 Å². The van der Waals surface area contributed by atoms with E-state index in [0.29, 0.717) is 0 Å². The minimum atomic E-state index is 0.201. The number of carbonyl (C=O) groups is 1. The van der Waals surface area contributed by atoms with Crippen molar-refractivity contribution in [2.75, 3.05) is 39.3 Å². The monoisotopic (exact) mass is 371 g/mol. The lowest BCUT2D eigenvalue weighted by atomic mass is 9.92. The van der Waals surface area contributed by atoms with Crippen LogP contribution in [0.25, 0.3) is 0 Å². The Hall–Kier alpha value is -1.39. The molecule has 27 heavy (non-hydrogen) atoms. The zero-order valence-corrected chi connectivity index (χ0v) is 17.2. The molecule has 2 atom stereocenters. The van der Waals surface area contributed by atoms with Crippen molar-refractivity contribution < 1.29 is 4.79 Å². The zero-order chi connectivity index (χ0) is 19.1. The number of rotatable bonds is 7. The molecule has 2 fully saturated rings. The van der Waals surface area contributed by atoms with Crippen molar-refractivity contribution in [2.45, 2.75) is 46.1 Å². The molecule has 2 aliphatic heterocycles. The molecule has 1 amide bonds. The van der Waals surface area contributed by atoms with Gasteiger partial charge in [0.2, 0.25) is 5.91 Å². The second-order valence-electron chi connectivity index (χ2n) is 8.89. The van der Waals surface area contributed by atoms with Gasteiger partial charge in [-0.2, -0.15) is 0 Å². The molecule has 4 heteroatoms. The van der Waals surface area contributed by atoms with E-state index < -0.39 is 0 Å². The summed E-state index contributed by atoms with van der Waals surface area (Å²) in [4.78, 5) is 17.5. The molecule has 2 heterocycles. The van der Waals surface area contributed by atoms with Gasteiger partial charge in [0, 0.05) is 32.1 Å². The first-order valence-electron chi connectivity index (χ1n) is 10.9. The first-order chi connectivity index (χ1) is 13.1. The van der Waals surface area contributed by atoms with E-state index in [4.69, 9.17) is 0 Å². The van der Waals surface area contributed by atoms with Crippen LogP contribution >= 0.6 is 0 Å². The first-order valence-corrected chi connectivity index (χ1v) is 10.9. The Kier molecular flexibility index (Phi) is 7.71. The maximum Gasteiger partial charge on any atom is 0.223 e. The summed E-state index contributed by atoms with van der Waals surface area (Å²) >= 11 is 0. The third-order valence-corrected chi connectivity index (χ3v) is 6.10. The van der Waals surface area contributed by atoms with E-state index in [9.17, 15) is 4.79 Å². The predicted molar refractivity (Wildman–Crippen MR) is 111 cm³/mol. The molecule has 1 aromatic rings. The van der Waals surface area contributed by atoms with Crippen molar-refractivity contribution in [3.05, 3.63) is 35.9 Å². The van der Waals surface area contributed by atoms with Gasteiger partial charge in [-0.25, -0.2) is 0 Å². The van der Waals surface area contributed by atoms with Crippen molar-refractivity contribution >= 4 is 5.91 Å². The van der Waals surface area contributed by atoms with E-state index in [2.05, 4.69) is 59.3 Å². The van der Waals surface area contributed by atoms with E-state index in [1.54, 1.807) is 0 Å². The molecular weight excluding hydrogens is 334 g/mol. The highest BCUT2D eigenvalue weighted by Crippen LogP contribution is 2.21. The van der Waals surface area contributed by atoms with Gasteiger partial charge < -0.3 is 10.2 Å². The lowest BCUT2D eigenvalue weighted by Gasteiger charge is -2.35. The number of amides is 1. The standard InChI is InChI=1S/C23H37N3O/c1-19-15-20(2)17-26(16-19)12-6-11-24-23(27)22-9-13-25(14-10-22)18-21-7-4-3-5-8-21/h3-5,7-8,19-20,22H,6,9-18H2,1-2H3,(H,24,27). The summed E-state index contributed by atoms with van der Waals surface area (Å²) in [6.07, 6.45) is 4.40. The Morgan fingerprint density at radius 2 is 1.70 bits per heavy atom. The van der Waals surface area contributed by atoms with Crippen LogP contribution in [-0.4, -0.2) is 55.0 Å². The van der Waals surface area contributed by atoms with Gasteiger partial charge >= 0.3 is 0 Å². The molecule has 2 unspecified atom stereocenters. The first kappa shape index (κ1) is 20.3. The Morgan fingerprint density at radius 3 is 2.37 bits per heavy atom. The molecule has 3 rings (SSSR count). The van der Waals surface area contributed by atoms with Crippen LogP contribution in [0.2, 0.25) is 0 Å². The van der Waals surface area contributed by atoms with Gasteiger partial charge in [0.15, 0.2) is 0 Å². The number of likely N-dealkylation sites (tertiary alicyclic amines) is 2. The molecule has 4 nitrogen and oxygen atoms in total. The fourth-order valence-electron chi connectivity index (χ4n) is 4.83. The summed E-state index contributed by atoms with van der Waals surface area (Å²) in [5, 5.41) is 3.19. The number of nitrogens with zero attached hydrogens (tertiary/aromatic N) is 2. The number of benzene rings is 1. The van der Waals surface area contributed by atoms with Crippen molar-refractivity contribution in [1.82, 2.24) is 15.1 Å². The average Bonchev–Trinajstić information content (AvgIpc) is 2.66. The van der Waals surface area contributed by atoms with E-state index in [1.165, 1.54) is 25.1 Å². The van der Waals surface area contributed by atoms with E-state index >= 15 is 0 Å². The van der Waals surface area contributed by atoms with Gasteiger partial charge in [0.1, 0.15) is 0 Å². The lowest BCUT2D eigenvalue weighted by Crippen LogP contribution is -2.42. The molecule has 0 aliphatic carbocycles. The summed E-state index contributed by atoms with van der Waals surface area (Å²) in [6.45, 7) is 12.1. The predicted octanol–water partition coefficient (Wildman–Crippen LogP) is 3.38. The third-order valence-electron chi connectivity index (χ3n) is 6.10. The molecule has 0 radical (unpaired) electrons. The number of carbonyl (C=O) groups excluding carboxylic acids is 1. The largest absolute Gasteiger partial charge is 0.356 e. The highest BCUT2D eigenvalue weighted by atomic mass is 16.1.